The molecule has 1 unspecified atom stereocenters. The van der Waals surface area contributed by atoms with Crippen LogP contribution in [0, 0.1) is 0 Å². The molecule has 0 N–H and O–H groups in total. The third-order valence-electron chi connectivity index (χ3n) is 15.1. The summed E-state index contributed by atoms with van der Waals surface area (Å²) in [6.07, 6.45) is 70.1. The van der Waals surface area contributed by atoms with Crippen LogP contribution in [0.1, 0.15) is 380 Å². The summed E-state index contributed by atoms with van der Waals surface area (Å²) >= 11 is 0. The predicted molar refractivity (Wildman–Crippen MR) is 307 cm³/mol. The van der Waals surface area contributed by atoms with Gasteiger partial charge in [0.25, 0.3) is 0 Å². The molecular weight excluding hydrogens is 877 g/mol. The minimum Gasteiger partial charge on any atom is -0.462 e. The molecule has 0 aliphatic carbocycles. The molecule has 0 radical (unpaired) electrons. The summed E-state index contributed by atoms with van der Waals surface area (Å²) in [6.45, 7) is 6.68. The molecule has 0 heterocycles. The number of esters is 3. The molecular formula is C65H126O6. The molecule has 1 atom stereocenters. The van der Waals surface area contributed by atoms with E-state index in [0.29, 0.717) is 19.3 Å². The first-order chi connectivity index (χ1) is 35.0. The molecule has 0 saturated carbocycles. The van der Waals surface area contributed by atoms with Gasteiger partial charge in [-0.05, 0) is 19.3 Å². The molecule has 0 aromatic rings. The number of ether oxygens (including phenoxy) is 3. The Bertz CT molecular complexity index is 1060. The molecule has 0 saturated heterocycles. The van der Waals surface area contributed by atoms with Crippen LogP contribution < -0.4 is 0 Å². The van der Waals surface area contributed by atoms with Crippen LogP contribution in [0.5, 0.6) is 0 Å². The minimum atomic E-state index is -0.761. The van der Waals surface area contributed by atoms with Crippen LogP contribution >= 0.6 is 0 Å². The molecule has 0 bridgehead atoms. The topological polar surface area (TPSA) is 78.9 Å². The van der Waals surface area contributed by atoms with E-state index in [-0.39, 0.29) is 31.1 Å². The van der Waals surface area contributed by atoms with E-state index < -0.39 is 6.10 Å². The molecule has 422 valence electrons. The van der Waals surface area contributed by atoms with Gasteiger partial charge in [0, 0.05) is 19.3 Å². The monoisotopic (exact) mass is 1000 g/mol. The fraction of sp³-hybridized carbons (Fsp3) is 0.954. The van der Waals surface area contributed by atoms with Crippen molar-refractivity contribution in [2.24, 2.45) is 0 Å². The van der Waals surface area contributed by atoms with Gasteiger partial charge in [-0.15, -0.1) is 0 Å². The van der Waals surface area contributed by atoms with Gasteiger partial charge in [-0.1, -0.05) is 342 Å². The zero-order chi connectivity index (χ0) is 51.4. The Morgan fingerprint density at radius 2 is 0.380 bits per heavy atom. The van der Waals surface area contributed by atoms with Crippen LogP contribution in [0.3, 0.4) is 0 Å². The van der Waals surface area contributed by atoms with Crippen LogP contribution in [-0.4, -0.2) is 37.2 Å². The SMILES string of the molecule is CCCCCCCCCCCCCCCCCCCCCCCCCCC(=O)OCC(COC(=O)CCCCCCCCC)OC(=O)CCCCCCCCCCCCCCCCCCCCCCCC. The zero-order valence-corrected chi connectivity index (χ0v) is 48.5. The van der Waals surface area contributed by atoms with E-state index in [1.54, 1.807) is 0 Å². The number of hydrogen-bond acceptors (Lipinski definition) is 6. The molecule has 6 nitrogen and oxygen atoms in total. The summed E-state index contributed by atoms with van der Waals surface area (Å²) in [5.41, 5.74) is 0. The Morgan fingerprint density at radius 1 is 0.225 bits per heavy atom. The van der Waals surface area contributed by atoms with Gasteiger partial charge in [0.05, 0.1) is 0 Å². The second-order valence-corrected chi connectivity index (χ2v) is 22.4. The average Bonchev–Trinajstić information content (AvgIpc) is 3.37. The highest BCUT2D eigenvalue weighted by atomic mass is 16.6. The number of carbonyl (C=O) groups excluding carboxylic acids is 3. The Kier molecular flexibility index (Phi) is 59.6. The highest BCUT2D eigenvalue weighted by Gasteiger charge is 2.19. The van der Waals surface area contributed by atoms with Crippen molar-refractivity contribution in [3.8, 4) is 0 Å². The van der Waals surface area contributed by atoms with Crippen molar-refractivity contribution in [3.63, 3.8) is 0 Å². The number of unbranched alkanes of at least 4 members (excludes halogenated alkanes) is 50. The molecule has 0 aromatic heterocycles. The molecule has 71 heavy (non-hydrogen) atoms. The quantitative estimate of drug-likeness (QED) is 0.0343. The maximum Gasteiger partial charge on any atom is 0.306 e. The molecule has 0 aliphatic heterocycles. The van der Waals surface area contributed by atoms with Crippen molar-refractivity contribution < 1.29 is 28.6 Å². The van der Waals surface area contributed by atoms with Gasteiger partial charge < -0.3 is 14.2 Å². The first kappa shape index (κ1) is 69.4. The van der Waals surface area contributed by atoms with E-state index in [1.807, 2.05) is 0 Å². The fourth-order valence-corrected chi connectivity index (χ4v) is 10.2. The summed E-state index contributed by atoms with van der Waals surface area (Å²) in [4.78, 5) is 38.1. The van der Waals surface area contributed by atoms with E-state index >= 15 is 0 Å². The van der Waals surface area contributed by atoms with Crippen LogP contribution in [-0.2, 0) is 28.6 Å². The fourth-order valence-electron chi connectivity index (χ4n) is 10.2. The number of hydrogen-bond donors (Lipinski definition) is 0. The number of carbonyl (C=O) groups is 3. The number of rotatable bonds is 61. The van der Waals surface area contributed by atoms with E-state index in [0.717, 1.165) is 57.8 Å². The molecule has 0 aliphatic rings. The first-order valence-electron chi connectivity index (χ1n) is 32.5. The molecule has 0 aromatic carbocycles. The summed E-state index contributed by atoms with van der Waals surface area (Å²) in [7, 11) is 0. The summed E-state index contributed by atoms with van der Waals surface area (Å²) in [5, 5.41) is 0. The Labute approximate surface area is 444 Å². The average molecular weight is 1000 g/mol. The largest absolute Gasteiger partial charge is 0.462 e. The van der Waals surface area contributed by atoms with Crippen molar-refractivity contribution in [3.05, 3.63) is 0 Å². The zero-order valence-electron chi connectivity index (χ0n) is 48.5. The lowest BCUT2D eigenvalue weighted by Crippen LogP contribution is -2.30. The second-order valence-electron chi connectivity index (χ2n) is 22.4. The van der Waals surface area contributed by atoms with Crippen molar-refractivity contribution in [1.82, 2.24) is 0 Å². The van der Waals surface area contributed by atoms with Gasteiger partial charge in [-0.2, -0.15) is 0 Å². The van der Waals surface area contributed by atoms with Gasteiger partial charge in [0.2, 0.25) is 0 Å². The highest BCUT2D eigenvalue weighted by molar-refractivity contribution is 5.71. The lowest BCUT2D eigenvalue weighted by Gasteiger charge is -2.18. The smallest absolute Gasteiger partial charge is 0.306 e. The van der Waals surface area contributed by atoms with E-state index in [4.69, 9.17) is 14.2 Å². The molecule has 0 rings (SSSR count). The third-order valence-corrected chi connectivity index (χ3v) is 15.1. The Hall–Kier alpha value is -1.59. The first-order valence-corrected chi connectivity index (χ1v) is 32.5. The lowest BCUT2D eigenvalue weighted by molar-refractivity contribution is -0.167. The highest BCUT2D eigenvalue weighted by Crippen LogP contribution is 2.19. The van der Waals surface area contributed by atoms with Gasteiger partial charge >= 0.3 is 17.9 Å². The van der Waals surface area contributed by atoms with Crippen molar-refractivity contribution in [2.45, 2.75) is 386 Å². The Morgan fingerprint density at radius 3 is 0.563 bits per heavy atom. The van der Waals surface area contributed by atoms with Gasteiger partial charge in [0.1, 0.15) is 13.2 Å². The van der Waals surface area contributed by atoms with Gasteiger partial charge in [-0.3, -0.25) is 14.4 Å². The summed E-state index contributed by atoms with van der Waals surface area (Å²) < 4.78 is 16.9. The summed E-state index contributed by atoms with van der Waals surface area (Å²) in [6, 6.07) is 0. The van der Waals surface area contributed by atoms with E-state index in [1.165, 1.54) is 283 Å². The third kappa shape index (κ3) is 59.2. The van der Waals surface area contributed by atoms with Crippen molar-refractivity contribution in [2.75, 3.05) is 13.2 Å². The minimum absolute atomic E-state index is 0.0615. The van der Waals surface area contributed by atoms with Crippen LogP contribution in [0.2, 0.25) is 0 Å². The summed E-state index contributed by atoms with van der Waals surface area (Å²) in [5.74, 6) is -0.836. The van der Waals surface area contributed by atoms with Gasteiger partial charge in [-0.25, -0.2) is 0 Å². The van der Waals surface area contributed by atoms with E-state index in [2.05, 4.69) is 20.8 Å². The maximum atomic E-state index is 12.9. The molecule has 0 amide bonds. The maximum absolute atomic E-state index is 12.9. The second kappa shape index (κ2) is 61.0. The molecule has 6 heteroatoms. The van der Waals surface area contributed by atoms with Gasteiger partial charge in [0.15, 0.2) is 6.10 Å². The normalized spacial score (nSPS) is 11.9. The van der Waals surface area contributed by atoms with Crippen LogP contribution in [0.4, 0.5) is 0 Å². The van der Waals surface area contributed by atoms with E-state index in [9.17, 15) is 14.4 Å². The molecule has 0 spiro atoms. The lowest BCUT2D eigenvalue weighted by atomic mass is 10.0. The molecule has 0 fully saturated rings. The van der Waals surface area contributed by atoms with Crippen molar-refractivity contribution in [1.29, 1.82) is 0 Å². The van der Waals surface area contributed by atoms with Crippen LogP contribution in [0.25, 0.3) is 0 Å². The predicted octanol–water partition coefficient (Wildman–Crippen LogP) is 21.9. The Balaban J connectivity index is 4.04. The van der Waals surface area contributed by atoms with Crippen molar-refractivity contribution >= 4 is 17.9 Å². The standard InChI is InChI=1S/C65H126O6/c1-4-7-10-13-16-18-20-22-24-26-28-30-32-33-35-36-38-40-42-44-46-49-52-55-58-64(67)70-61-62(60-69-63(66)57-54-51-48-15-12-9-6-3)71-65(68)59-56-53-50-47-45-43-41-39-37-34-31-29-27-25-23-21-19-17-14-11-8-5-2/h62H,4-61H2,1-3H3. The van der Waals surface area contributed by atoms with Crippen LogP contribution in [0.15, 0.2) is 0 Å².